The van der Waals surface area contributed by atoms with E-state index < -0.39 is 6.09 Å². The van der Waals surface area contributed by atoms with Gasteiger partial charge in [-0.15, -0.1) is 0 Å². The molecule has 204 valence electrons. The van der Waals surface area contributed by atoms with Crippen molar-refractivity contribution in [2.45, 2.75) is 12.3 Å². The van der Waals surface area contributed by atoms with Crippen molar-refractivity contribution in [1.29, 1.82) is 0 Å². The number of fused-ring (bicyclic) bond motifs is 3. The normalized spacial score (nSPS) is 12.4. The van der Waals surface area contributed by atoms with Gasteiger partial charge in [0.15, 0.2) is 0 Å². The van der Waals surface area contributed by atoms with E-state index in [1.807, 2.05) is 24.3 Å². The molecule has 2 aromatic carbocycles. The van der Waals surface area contributed by atoms with Gasteiger partial charge in [-0.05, 0) is 28.7 Å². The average Bonchev–Trinajstić information content (AvgIpc) is 3.25. The molecule has 1 aliphatic carbocycles. The molecule has 0 atom stereocenters. The minimum Gasteiger partial charge on any atom is -0.449 e. The fraction of sp³-hybridized carbons (Fsp3) is 0.536. The highest BCUT2D eigenvalue weighted by Gasteiger charge is 2.28. The second-order valence-electron chi connectivity index (χ2n) is 8.46. The van der Waals surface area contributed by atoms with Crippen molar-refractivity contribution in [3.63, 3.8) is 0 Å². The molecule has 3 rings (SSSR count). The Hall–Kier alpha value is -2.53. The van der Waals surface area contributed by atoms with Crippen molar-refractivity contribution in [2.75, 3.05) is 85.8 Å². The summed E-state index contributed by atoms with van der Waals surface area (Å²) >= 11 is 0. The van der Waals surface area contributed by atoms with Crippen LogP contribution in [-0.2, 0) is 28.4 Å². The summed E-state index contributed by atoms with van der Waals surface area (Å²) in [5, 5.41) is 2.80. The lowest BCUT2D eigenvalue weighted by atomic mass is 9.98. The van der Waals surface area contributed by atoms with E-state index in [4.69, 9.17) is 34.2 Å². The van der Waals surface area contributed by atoms with Gasteiger partial charge in [-0.25, -0.2) is 4.79 Å². The molecule has 9 heteroatoms. The van der Waals surface area contributed by atoms with Crippen molar-refractivity contribution in [1.82, 2.24) is 5.32 Å². The van der Waals surface area contributed by atoms with E-state index in [1.54, 1.807) is 0 Å². The summed E-state index contributed by atoms with van der Waals surface area (Å²) in [7, 11) is 0. The van der Waals surface area contributed by atoms with Crippen LogP contribution in [0, 0.1) is 0 Å². The van der Waals surface area contributed by atoms with Crippen LogP contribution in [0.5, 0.6) is 0 Å². The van der Waals surface area contributed by atoms with E-state index in [1.165, 1.54) is 22.3 Å². The first-order valence-corrected chi connectivity index (χ1v) is 13.0. The van der Waals surface area contributed by atoms with Crippen LogP contribution in [-0.4, -0.2) is 91.9 Å². The first kappa shape index (κ1) is 29.0. The summed E-state index contributed by atoms with van der Waals surface area (Å²) < 4.78 is 32.5. The summed E-state index contributed by atoms with van der Waals surface area (Å²) in [6, 6.07) is 16.6. The molecule has 2 aromatic rings. The summed E-state index contributed by atoms with van der Waals surface area (Å²) in [6.45, 7) is 6.57. The smallest absolute Gasteiger partial charge is 0.407 e. The Morgan fingerprint density at radius 2 is 1.14 bits per heavy atom. The highest BCUT2D eigenvalue weighted by atomic mass is 16.6. The second kappa shape index (κ2) is 17.8. The molecule has 0 aromatic heterocycles. The lowest BCUT2D eigenvalue weighted by molar-refractivity contribution is -0.0106. The zero-order valence-electron chi connectivity index (χ0n) is 21.5. The monoisotopic (exact) mass is 516 g/mol. The molecule has 0 heterocycles. The Morgan fingerprint density at radius 3 is 1.65 bits per heavy atom. The summed E-state index contributed by atoms with van der Waals surface area (Å²) in [5.41, 5.74) is 10.2. The van der Waals surface area contributed by atoms with Crippen molar-refractivity contribution in [3.05, 3.63) is 59.7 Å². The molecule has 0 saturated carbocycles. The maximum Gasteiger partial charge on any atom is 0.407 e. The number of nitrogens with one attached hydrogen (secondary N) is 1. The fourth-order valence-electron chi connectivity index (χ4n) is 4.08. The molecule has 0 aliphatic heterocycles. The Labute approximate surface area is 219 Å². The Balaban J connectivity index is 1.12. The molecule has 0 saturated heterocycles. The van der Waals surface area contributed by atoms with Crippen LogP contribution in [0.15, 0.2) is 48.5 Å². The van der Waals surface area contributed by atoms with Gasteiger partial charge >= 0.3 is 6.09 Å². The maximum absolute atomic E-state index is 12.2. The average molecular weight is 517 g/mol. The molecular formula is C28H40N2O7. The Bertz CT molecular complexity index is 866. The van der Waals surface area contributed by atoms with Crippen molar-refractivity contribution >= 4 is 6.09 Å². The number of alkyl carbamates (subject to hydrolysis) is 1. The minimum atomic E-state index is -0.407. The number of ether oxygens (including phenoxy) is 6. The molecule has 0 unspecified atom stereocenters. The number of carbonyl (C=O) groups excluding carboxylic acids is 1. The summed E-state index contributed by atoms with van der Waals surface area (Å²) in [6.07, 6.45) is 0.292. The van der Waals surface area contributed by atoms with E-state index in [9.17, 15) is 4.79 Å². The Kier molecular flexibility index (Phi) is 14.0. The van der Waals surface area contributed by atoms with Gasteiger partial charge in [0, 0.05) is 25.6 Å². The number of amides is 1. The number of hydrogen-bond acceptors (Lipinski definition) is 8. The predicted molar refractivity (Wildman–Crippen MR) is 141 cm³/mol. The van der Waals surface area contributed by atoms with Gasteiger partial charge in [0.1, 0.15) is 6.61 Å². The molecule has 37 heavy (non-hydrogen) atoms. The SMILES string of the molecule is NCCOCCOCCOCCOCCOCCCNC(=O)OCC1c2ccccc2-c2ccccc21. The zero-order chi connectivity index (χ0) is 26.0. The molecular weight excluding hydrogens is 476 g/mol. The topological polar surface area (TPSA) is 111 Å². The summed E-state index contributed by atoms with van der Waals surface area (Å²) in [4.78, 5) is 12.2. The van der Waals surface area contributed by atoms with Crippen LogP contribution in [0.2, 0.25) is 0 Å². The van der Waals surface area contributed by atoms with E-state index in [0.717, 1.165) is 0 Å². The van der Waals surface area contributed by atoms with Crippen LogP contribution >= 0.6 is 0 Å². The van der Waals surface area contributed by atoms with Crippen molar-refractivity contribution in [3.8, 4) is 11.1 Å². The fourth-order valence-corrected chi connectivity index (χ4v) is 4.08. The Morgan fingerprint density at radius 1 is 0.676 bits per heavy atom. The van der Waals surface area contributed by atoms with Crippen LogP contribution in [0.25, 0.3) is 11.1 Å². The molecule has 0 spiro atoms. The van der Waals surface area contributed by atoms with Crippen molar-refractivity contribution in [2.24, 2.45) is 5.73 Å². The first-order valence-electron chi connectivity index (χ1n) is 13.0. The largest absolute Gasteiger partial charge is 0.449 e. The van der Waals surface area contributed by atoms with Gasteiger partial charge in [0.05, 0.1) is 59.5 Å². The number of rotatable bonds is 20. The molecule has 1 aliphatic rings. The highest BCUT2D eigenvalue weighted by Crippen LogP contribution is 2.44. The van der Waals surface area contributed by atoms with Gasteiger partial charge in [-0.2, -0.15) is 0 Å². The van der Waals surface area contributed by atoms with Gasteiger partial charge in [-0.3, -0.25) is 0 Å². The van der Waals surface area contributed by atoms with Crippen LogP contribution in [0.1, 0.15) is 23.5 Å². The minimum absolute atomic E-state index is 0.0619. The molecule has 0 fully saturated rings. The van der Waals surface area contributed by atoms with Gasteiger partial charge in [-0.1, -0.05) is 48.5 Å². The van der Waals surface area contributed by atoms with E-state index >= 15 is 0 Å². The third-order valence-corrected chi connectivity index (χ3v) is 5.83. The maximum atomic E-state index is 12.2. The number of hydrogen-bond donors (Lipinski definition) is 2. The predicted octanol–water partition coefficient (Wildman–Crippen LogP) is 2.96. The van der Waals surface area contributed by atoms with E-state index in [0.29, 0.717) is 92.2 Å². The molecule has 9 nitrogen and oxygen atoms in total. The van der Waals surface area contributed by atoms with Gasteiger partial charge in [0.25, 0.3) is 0 Å². The van der Waals surface area contributed by atoms with Gasteiger partial charge < -0.3 is 39.5 Å². The second-order valence-corrected chi connectivity index (χ2v) is 8.46. The quantitative estimate of drug-likeness (QED) is 0.259. The van der Waals surface area contributed by atoms with E-state index in [-0.39, 0.29) is 5.92 Å². The molecule has 0 radical (unpaired) electrons. The standard InChI is InChI=1S/C28H40N2O7/c29-10-13-33-15-17-35-19-21-36-20-18-34-16-14-32-12-5-11-30-28(31)37-22-27-25-8-3-1-6-23(25)24-7-2-4-9-26(24)27/h1-4,6-9,27H,5,10-22,29H2,(H,30,31). The van der Waals surface area contributed by atoms with E-state index in [2.05, 4.69) is 29.6 Å². The lowest BCUT2D eigenvalue weighted by Crippen LogP contribution is -2.27. The number of benzene rings is 2. The first-order chi connectivity index (χ1) is 18.3. The van der Waals surface area contributed by atoms with Gasteiger partial charge in [0.2, 0.25) is 0 Å². The van der Waals surface area contributed by atoms with Crippen LogP contribution in [0.3, 0.4) is 0 Å². The zero-order valence-corrected chi connectivity index (χ0v) is 21.5. The molecule has 1 amide bonds. The van der Waals surface area contributed by atoms with Crippen molar-refractivity contribution < 1.29 is 33.2 Å². The number of carbonyl (C=O) groups is 1. The number of nitrogens with two attached hydrogens (primary N) is 1. The van der Waals surface area contributed by atoms with Crippen LogP contribution < -0.4 is 11.1 Å². The third-order valence-electron chi connectivity index (χ3n) is 5.83. The third kappa shape index (κ3) is 10.4. The van der Waals surface area contributed by atoms with Crippen LogP contribution in [0.4, 0.5) is 4.79 Å². The highest BCUT2D eigenvalue weighted by molar-refractivity contribution is 5.79. The molecule has 0 bridgehead atoms. The lowest BCUT2D eigenvalue weighted by Gasteiger charge is -2.14. The summed E-state index contributed by atoms with van der Waals surface area (Å²) in [5.74, 6) is 0.0619. The molecule has 3 N–H and O–H groups in total.